The van der Waals surface area contributed by atoms with Gasteiger partial charge >= 0.3 is 0 Å². The number of likely N-dealkylation sites (tertiary alicyclic amines) is 1. The Morgan fingerprint density at radius 2 is 1.83 bits per heavy atom. The largest absolute Gasteiger partial charge is 0.326 e. The molecule has 0 radical (unpaired) electrons. The van der Waals surface area contributed by atoms with Crippen LogP contribution < -0.4 is 11.1 Å². The van der Waals surface area contributed by atoms with Gasteiger partial charge in [-0.25, -0.2) is 4.68 Å². The number of nitrogens with two attached hydrogens (primary N) is 1. The van der Waals surface area contributed by atoms with Crippen molar-refractivity contribution in [3.8, 4) is 5.69 Å². The average Bonchev–Trinajstić information content (AvgIpc) is 3.25. The van der Waals surface area contributed by atoms with Crippen molar-refractivity contribution in [2.24, 2.45) is 5.73 Å². The van der Waals surface area contributed by atoms with E-state index in [9.17, 15) is 4.79 Å². The highest BCUT2D eigenvalue weighted by Gasteiger charge is 2.32. The Morgan fingerprint density at radius 3 is 2.55 bits per heavy atom. The molecule has 4 rings (SSSR count). The molecule has 2 heterocycles. The van der Waals surface area contributed by atoms with Crippen molar-refractivity contribution in [1.82, 2.24) is 14.7 Å². The minimum Gasteiger partial charge on any atom is -0.326 e. The maximum Gasteiger partial charge on any atom is 0.239 e. The molecule has 1 fully saturated rings. The summed E-state index contributed by atoms with van der Waals surface area (Å²) in [6.07, 6.45) is 0. The number of anilines is 1. The first-order valence-electron chi connectivity index (χ1n) is 9.96. The summed E-state index contributed by atoms with van der Waals surface area (Å²) >= 11 is 0. The van der Waals surface area contributed by atoms with Gasteiger partial charge in [0.1, 0.15) is 5.82 Å². The molecule has 1 aliphatic rings. The number of hydrogen-bond donors (Lipinski definition) is 2. The van der Waals surface area contributed by atoms with Gasteiger partial charge in [0.2, 0.25) is 5.91 Å². The number of nitrogens with one attached hydrogen (secondary N) is 1. The number of amides is 1. The van der Waals surface area contributed by atoms with Crippen LogP contribution in [0.25, 0.3) is 5.69 Å². The molecule has 1 amide bonds. The van der Waals surface area contributed by atoms with Gasteiger partial charge in [-0.05, 0) is 31.5 Å². The van der Waals surface area contributed by atoms with Gasteiger partial charge in [-0.15, -0.1) is 0 Å². The first-order valence-corrected chi connectivity index (χ1v) is 9.96. The monoisotopic (exact) mass is 389 g/mol. The SMILES string of the molecule is Cc1ccc(-n2nc(C)cc2NC(=O)CN2C[C@@H](N)[C@H](c3ccccc3)C2)cc1. The summed E-state index contributed by atoms with van der Waals surface area (Å²) in [5, 5.41) is 7.55. The third-order valence-electron chi connectivity index (χ3n) is 5.41. The maximum atomic E-state index is 12.7. The number of nitrogens with zero attached hydrogens (tertiary/aromatic N) is 3. The predicted octanol–water partition coefficient (Wildman–Crippen LogP) is 2.85. The lowest BCUT2D eigenvalue weighted by atomic mass is 9.95. The number of carbonyl (C=O) groups is 1. The zero-order chi connectivity index (χ0) is 20.4. The number of aryl methyl sites for hydroxylation is 2. The van der Waals surface area contributed by atoms with Crippen molar-refractivity contribution >= 4 is 11.7 Å². The van der Waals surface area contributed by atoms with Crippen LogP contribution in [-0.2, 0) is 4.79 Å². The van der Waals surface area contributed by atoms with Crippen molar-refractivity contribution in [2.75, 3.05) is 25.0 Å². The standard InChI is InChI=1S/C23H27N5O/c1-16-8-10-19(11-9-16)28-22(12-17(2)26-28)25-23(29)15-27-13-20(21(24)14-27)18-6-4-3-5-7-18/h3-12,20-21H,13-15,24H2,1-2H3,(H,25,29)/t20-,21+/m0/s1. The van der Waals surface area contributed by atoms with Crippen molar-refractivity contribution in [3.05, 3.63) is 77.5 Å². The lowest BCUT2D eigenvalue weighted by Gasteiger charge is -2.16. The van der Waals surface area contributed by atoms with Crippen molar-refractivity contribution in [3.63, 3.8) is 0 Å². The number of rotatable bonds is 5. The summed E-state index contributed by atoms with van der Waals surface area (Å²) in [6.45, 7) is 5.78. The van der Waals surface area contributed by atoms with Crippen molar-refractivity contribution < 1.29 is 4.79 Å². The van der Waals surface area contributed by atoms with Crippen LogP contribution in [-0.4, -0.2) is 46.3 Å². The minimum absolute atomic E-state index is 0.0329. The lowest BCUT2D eigenvalue weighted by Crippen LogP contribution is -2.34. The Hall–Kier alpha value is -2.96. The molecule has 150 valence electrons. The molecule has 29 heavy (non-hydrogen) atoms. The Morgan fingerprint density at radius 1 is 1.10 bits per heavy atom. The molecule has 1 saturated heterocycles. The van der Waals surface area contributed by atoms with E-state index in [1.807, 2.05) is 62.4 Å². The maximum absolute atomic E-state index is 12.7. The molecule has 0 bridgehead atoms. The fourth-order valence-electron chi connectivity index (χ4n) is 3.95. The van der Waals surface area contributed by atoms with Crippen LogP contribution in [0.2, 0.25) is 0 Å². The molecule has 3 N–H and O–H groups in total. The summed E-state index contributed by atoms with van der Waals surface area (Å²) in [5.74, 6) is 0.878. The molecule has 1 aliphatic heterocycles. The second-order valence-electron chi connectivity index (χ2n) is 7.84. The second-order valence-corrected chi connectivity index (χ2v) is 7.84. The first-order chi connectivity index (χ1) is 14.0. The van der Waals surface area contributed by atoms with Crippen molar-refractivity contribution in [2.45, 2.75) is 25.8 Å². The molecule has 1 aromatic heterocycles. The third kappa shape index (κ3) is 4.39. The van der Waals surface area contributed by atoms with E-state index in [-0.39, 0.29) is 17.9 Å². The summed E-state index contributed by atoms with van der Waals surface area (Å²) in [7, 11) is 0. The zero-order valence-electron chi connectivity index (χ0n) is 16.9. The highest BCUT2D eigenvalue weighted by molar-refractivity contribution is 5.91. The minimum atomic E-state index is -0.0563. The van der Waals surface area contributed by atoms with Crippen LogP contribution in [0.5, 0.6) is 0 Å². The van der Waals surface area contributed by atoms with Gasteiger partial charge in [-0.1, -0.05) is 48.0 Å². The van der Waals surface area contributed by atoms with E-state index in [1.165, 1.54) is 11.1 Å². The smallest absolute Gasteiger partial charge is 0.239 e. The van der Waals surface area contributed by atoms with Crippen LogP contribution >= 0.6 is 0 Å². The summed E-state index contributed by atoms with van der Waals surface area (Å²) in [6, 6.07) is 20.3. The fourth-order valence-corrected chi connectivity index (χ4v) is 3.95. The average molecular weight is 390 g/mol. The summed E-state index contributed by atoms with van der Waals surface area (Å²) in [5.41, 5.74) is 10.5. The Balaban J connectivity index is 1.43. The molecule has 3 aromatic rings. The van der Waals surface area contributed by atoms with E-state index in [0.29, 0.717) is 18.9 Å². The van der Waals surface area contributed by atoms with Gasteiger partial charge < -0.3 is 11.1 Å². The topological polar surface area (TPSA) is 76.2 Å². The molecule has 0 saturated carbocycles. The number of hydrogen-bond acceptors (Lipinski definition) is 4. The quantitative estimate of drug-likeness (QED) is 0.704. The number of carbonyl (C=O) groups excluding carboxylic acids is 1. The lowest BCUT2D eigenvalue weighted by molar-refractivity contribution is -0.117. The second kappa shape index (κ2) is 8.19. The van der Waals surface area contributed by atoms with Gasteiger partial charge in [-0.2, -0.15) is 5.10 Å². The molecule has 0 unspecified atom stereocenters. The third-order valence-corrected chi connectivity index (χ3v) is 5.41. The molecule has 2 aromatic carbocycles. The van der Waals surface area contributed by atoms with Gasteiger partial charge in [0, 0.05) is 31.1 Å². The Bertz CT molecular complexity index is 980. The molecule has 0 spiro atoms. The van der Waals surface area contributed by atoms with Crippen LogP contribution in [0, 0.1) is 13.8 Å². The fraction of sp³-hybridized carbons (Fsp3) is 0.304. The molecule has 2 atom stereocenters. The van der Waals surface area contributed by atoms with E-state index in [4.69, 9.17) is 5.73 Å². The van der Waals surface area contributed by atoms with E-state index >= 15 is 0 Å². The van der Waals surface area contributed by atoms with E-state index in [1.54, 1.807) is 4.68 Å². The normalized spacial score (nSPS) is 19.4. The summed E-state index contributed by atoms with van der Waals surface area (Å²) < 4.78 is 1.77. The zero-order valence-corrected chi connectivity index (χ0v) is 16.9. The first kappa shape index (κ1) is 19.4. The highest BCUT2D eigenvalue weighted by Crippen LogP contribution is 2.26. The van der Waals surface area contributed by atoms with Crippen LogP contribution in [0.1, 0.15) is 22.7 Å². The van der Waals surface area contributed by atoms with Gasteiger partial charge in [0.05, 0.1) is 17.9 Å². The molecule has 6 nitrogen and oxygen atoms in total. The number of aromatic nitrogens is 2. The van der Waals surface area contributed by atoms with Gasteiger partial charge in [0.25, 0.3) is 0 Å². The van der Waals surface area contributed by atoms with Crippen LogP contribution in [0.15, 0.2) is 60.7 Å². The van der Waals surface area contributed by atoms with Crippen LogP contribution in [0.4, 0.5) is 5.82 Å². The van der Waals surface area contributed by atoms with Gasteiger partial charge in [-0.3, -0.25) is 9.69 Å². The summed E-state index contributed by atoms with van der Waals surface area (Å²) in [4.78, 5) is 14.9. The van der Waals surface area contributed by atoms with Crippen molar-refractivity contribution in [1.29, 1.82) is 0 Å². The molecular formula is C23H27N5O. The number of benzene rings is 2. The van der Waals surface area contributed by atoms with E-state index in [0.717, 1.165) is 17.9 Å². The predicted molar refractivity (Wildman–Crippen MR) is 115 cm³/mol. The molecule has 6 heteroatoms. The molecule has 0 aliphatic carbocycles. The molecular weight excluding hydrogens is 362 g/mol. The van der Waals surface area contributed by atoms with E-state index in [2.05, 4.69) is 27.4 Å². The van der Waals surface area contributed by atoms with Crippen LogP contribution in [0.3, 0.4) is 0 Å². The Labute approximate surface area is 171 Å². The van der Waals surface area contributed by atoms with Gasteiger partial charge in [0.15, 0.2) is 0 Å². The Kier molecular flexibility index (Phi) is 5.47. The highest BCUT2D eigenvalue weighted by atomic mass is 16.2. The van der Waals surface area contributed by atoms with E-state index < -0.39 is 0 Å².